The quantitative estimate of drug-likeness (QED) is 0.844. The molecule has 0 aromatic heterocycles. The first-order chi connectivity index (χ1) is 10.2. The first-order valence-corrected chi connectivity index (χ1v) is 7.74. The fourth-order valence-electron chi connectivity index (χ4n) is 2.93. The molecule has 21 heavy (non-hydrogen) atoms. The van der Waals surface area contributed by atoms with Crippen LogP contribution < -0.4 is 5.32 Å². The lowest BCUT2D eigenvalue weighted by Gasteiger charge is -2.25. The number of carbonyl (C=O) groups is 2. The third-order valence-electron chi connectivity index (χ3n) is 4.14. The number of hydrogen-bond donors (Lipinski definition) is 2. The number of aliphatic carboxylic acids is 1. The molecule has 2 N–H and O–H groups in total. The van der Waals surface area contributed by atoms with Crippen LogP contribution in [0.25, 0.3) is 0 Å². The van der Waals surface area contributed by atoms with E-state index in [1.807, 2.05) is 30.3 Å². The highest BCUT2D eigenvalue weighted by Crippen LogP contribution is 2.26. The minimum atomic E-state index is -0.831. The molecule has 0 heterocycles. The van der Waals surface area contributed by atoms with E-state index in [0.717, 1.165) is 31.2 Å². The predicted octanol–water partition coefficient (Wildman–Crippen LogP) is 3.29. The molecular weight excluding hydrogens is 266 g/mol. The summed E-state index contributed by atoms with van der Waals surface area (Å²) in [5.74, 6) is -0.661. The minimum absolute atomic E-state index is 0.0600. The zero-order valence-electron chi connectivity index (χ0n) is 12.3. The summed E-state index contributed by atoms with van der Waals surface area (Å²) in [5, 5.41) is 11.9. The van der Waals surface area contributed by atoms with Gasteiger partial charge in [-0.15, -0.1) is 0 Å². The largest absolute Gasteiger partial charge is 0.481 e. The molecule has 4 heteroatoms. The number of carboxylic acids is 1. The minimum Gasteiger partial charge on any atom is -0.481 e. The molecule has 1 aliphatic carbocycles. The Morgan fingerprint density at radius 3 is 2.43 bits per heavy atom. The molecule has 1 saturated carbocycles. The van der Waals surface area contributed by atoms with E-state index in [4.69, 9.17) is 5.11 Å². The van der Waals surface area contributed by atoms with Crippen LogP contribution in [-0.4, -0.2) is 17.0 Å². The molecular formula is C17H23NO3. The van der Waals surface area contributed by atoms with Crippen molar-refractivity contribution in [3.63, 3.8) is 0 Å². The SMILES string of the molecule is O=C(O)CCC(NC(=O)C1CCCCC1)c1ccccc1. The Labute approximate surface area is 125 Å². The smallest absolute Gasteiger partial charge is 0.303 e. The van der Waals surface area contributed by atoms with Crippen LogP contribution in [0.3, 0.4) is 0 Å². The van der Waals surface area contributed by atoms with Crippen LogP contribution in [0.4, 0.5) is 0 Å². The van der Waals surface area contributed by atoms with Crippen LogP contribution in [0.5, 0.6) is 0 Å². The molecule has 1 aromatic carbocycles. The summed E-state index contributed by atoms with van der Waals surface area (Å²) in [6.07, 6.45) is 5.83. The Morgan fingerprint density at radius 2 is 1.81 bits per heavy atom. The highest BCUT2D eigenvalue weighted by atomic mass is 16.4. The Morgan fingerprint density at radius 1 is 1.14 bits per heavy atom. The molecule has 2 rings (SSSR count). The van der Waals surface area contributed by atoms with Gasteiger partial charge in [0.1, 0.15) is 0 Å². The third kappa shape index (κ3) is 4.88. The molecule has 1 unspecified atom stereocenters. The lowest BCUT2D eigenvalue weighted by molar-refractivity contribution is -0.137. The Hall–Kier alpha value is -1.84. The Balaban J connectivity index is 2.00. The Kier molecular flexibility index (Phi) is 5.78. The second-order valence-electron chi connectivity index (χ2n) is 5.74. The van der Waals surface area contributed by atoms with E-state index < -0.39 is 5.97 Å². The first-order valence-electron chi connectivity index (χ1n) is 7.74. The average molecular weight is 289 g/mol. The second kappa shape index (κ2) is 7.81. The molecule has 0 radical (unpaired) electrons. The number of nitrogens with one attached hydrogen (secondary N) is 1. The molecule has 1 aromatic rings. The van der Waals surface area contributed by atoms with Crippen molar-refractivity contribution in [2.45, 2.75) is 51.0 Å². The maximum atomic E-state index is 12.4. The molecule has 1 fully saturated rings. The molecule has 4 nitrogen and oxygen atoms in total. The molecule has 0 bridgehead atoms. The fourth-order valence-corrected chi connectivity index (χ4v) is 2.93. The van der Waals surface area contributed by atoms with Gasteiger partial charge in [0.15, 0.2) is 0 Å². The highest BCUT2D eigenvalue weighted by Gasteiger charge is 2.24. The summed E-state index contributed by atoms with van der Waals surface area (Å²) >= 11 is 0. The van der Waals surface area contributed by atoms with Crippen molar-refractivity contribution in [2.75, 3.05) is 0 Å². The van der Waals surface area contributed by atoms with Crippen molar-refractivity contribution in [3.05, 3.63) is 35.9 Å². The monoisotopic (exact) mass is 289 g/mol. The number of amides is 1. The van der Waals surface area contributed by atoms with Crippen molar-refractivity contribution in [1.29, 1.82) is 0 Å². The third-order valence-corrected chi connectivity index (χ3v) is 4.14. The number of rotatable bonds is 6. The molecule has 0 spiro atoms. The van der Waals surface area contributed by atoms with Gasteiger partial charge >= 0.3 is 5.97 Å². The summed E-state index contributed by atoms with van der Waals surface area (Å²) < 4.78 is 0. The van der Waals surface area contributed by atoms with Gasteiger partial charge in [-0.2, -0.15) is 0 Å². The van der Waals surface area contributed by atoms with Crippen molar-refractivity contribution >= 4 is 11.9 Å². The van der Waals surface area contributed by atoms with E-state index in [0.29, 0.717) is 6.42 Å². The van der Waals surface area contributed by atoms with Gasteiger partial charge in [0.2, 0.25) is 5.91 Å². The number of hydrogen-bond acceptors (Lipinski definition) is 2. The van der Waals surface area contributed by atoms with Gasteiger partial charge in [-0.3, -0.25) is 9.59 Å². The lowest BCUT2D eigenvalue weighted by atomic mass is 9.88. The van der Waals surface area contributed by atoms with E-state index in [-0.39, 0.29) is 24.3 Å². The number of carbonyl (C=O) groups excluding carboxylic acids is 1. The van der Waals surface area contributed by atoms with Gasteiger partial charge in [0.25, 0.3) is 0 Å². The van der Waals surface area contributed by atoms with E-state index in [1.165, 1.54) is 6.42 Å². The van der Waals surface area contributed by atoms with Crippen molar-refractivity contribution in [2.24, 2.45) is 5.92 Å². The first kappa shape index (κ1) is 15.5. The summed E-state index contributed by atoms with van der Waals surface area (Å²) in [4.78, 5) is 23.2. The fraction of sp³-hybridized carbons (Fsp3) is 0.529. The van der Waals surface area contributed by atoms with Gasteiger partial charge in [-0.1, -0.05) is 49.6 Å². The van der Waals surface area contributed by atoms with Crippen LogP contribution in [0, 0.1) is 5.92 Å². The molecule has 114 valence electrons. The normalized spacial score (nSPS) is 17.1. The van der Waals surface area contributed by atoms with Gasteiger partial charge in [-0.25, -0.2) is 0 Å². The van der Waals surface area contributed by atoms with Crippen LogP contribution in [0.15, 0.2) is 30.3 Å². The topological polar surface area (TPSA) is 66.4 Å². The van der Waals surface area contributed by atoms with Crippen molar-refractivity contribution < 1.29 is 14.7 Å². The highest BCUT2D eigenvalue weighted by molar-refractivity contribution is 5.79. The average Bonchev–Trinajstić information content (AvgIpc) is 2.52. The Bertz CT molecular complexity index is 466. The second-order valence-corrected chi connectivity index (χ2v) is 5.74. The molecule has 1 amide bonds. The van der Waals surface area contributed by atoms with Crippen LogP contribution in [0.2, 0.25) is 0 Å². The van der Waals surface area contributed by atoms with Crippen LogP contribution in [-0.2, 0) is 9.59 Å². The van der Waals surface area contributed by atoms with Gasteiger partial charge in [-0.05, 0) is 24.8 Å². The standard InChI is InChI=1S/C17H23NO3/c19-16(20)12-11-15(13-7-3-1-4-8-13)18-17(21)14-9-5-2-6-10-14/h1,3-4,7-8,14-15H,2,5-6,9-12H2,(H,18,21)(H,19,20). The summed E-state index contributed by atoms with van der Waals surface area (Å²) in [7, 11) is 0. The maximum Gasteiger partial charge on any atom is 0.303 e. The van der Waals surface area contributed by atoms with Gasteiger partial charge in [0, 0.05) is 12.3 Å². The van der Waals surface area contributed by atoms with Gasteiger partial charge < -0.3 is 10.4 Å². The van der Waals surface area contributed by atoms with E-state index in [1.54, 1.807) is 0 Å². The number of benzene rings is 1. The van der Waals surface area contributed by atoms with Crippen molar-refractivity contribution in [3.8, 4) is 0 Å². The van der Waals surface area contributed by atoms with Crippen LogP contribution in [0.1, 0.15) is 56.6 Å². The van der Waals surface area contributed by atoms with Gasteiger partial charge in [0.05, 0.1) is 6.04 Å². The summed E-state index contributed by atoms with van der Waals surface area (Å²) in [5.41, 5.74) is 0.975. The van der Waals surface area contributed by atoms with Crippen molar-refractivity contribution in [1.82, 2.24) is 5.32 Å². The molecule has 0 aliphatic heterocycles. The van der Waals surface area contributed by atoms with E-state index in [9.17, 15) is 9.59 Å². The van der Waals surface area contributed by atoms with E-state index >= 15 is 0 Å². The zero-order chi connectivity index (χ0) is 15.1. The molecule has 1 atom stereocenters. The predicted molar refractivity (Wildman–Crippen MR) is 80.8 cm³/mol. The zero-order valence-corrected chi connectivity index (χ0v) is 12.3. The molecule has 1 aliphatic rings. The maximum absolute atomic E-state index is 12.4. The molecule has 0 saturated heterocycles. The van der Waals surface area contributed by atoms with E-state index in [2.05, 4.69) is 5.32 Å². The summed E-state index contributed by atoms with van der Waals surface area (Å²) in [6.45, 7) is 0. The van der Waals surface area contributed by atoms with Crippen LogP contribution >= 0.6 is 0 Å². The summed E-state index contributed by atoms with van der Waals surface area (Å²) in [6, 6.07) is 9.41. The number of carboxylic acid groups (broad SMARTS) is 1. The lowest BCUT2D eigenvalue weighted by Crippen LogP contribution is -2.35.